The molecule has 162 valence electrons. The van der Waals surface area contributed by atoms with Crippen LogP contribution in [0.3, 0.4) is 0 Å². The lowest BCUT2D eigenvalue weighted by atomic mass is 10.2. The molecule has 0 unspecified atom stereocenters. The van der Waals surface area contributed by atoms with Crippen LogP contribution in [0.1, 0.15) is 27.4 Å². The van der Waals surface area contributed by atoms with Crippen LogP contribution >= 0.6 is 22.9 Å². The van der Waals surface area contributed by atoms with E-state index in [1.807, 2.05) is 6.92 Å². The number of rotatable bonds is 4. The molecule has 12 heteroatoms. The molecule has 0 radical (unpaired) electrons. The highest BCUT2D eigenvalue weighted by Crippen LogP contribution is 2.35. The van der Waals surface area contributed by atoms with Crippen LogP contribution in [0.25, 0.3) is 16.2 Å². The van der Waals surface area contributed by atoms with Crippen molar-refractivity contribution in [2.75, 3.05) is 7.05 Å². The number of halogens is 4. The van der Waals surface area contributed by atoms with Gasteiger partial charge in [-0.05, 0) is 24.4 Å². The monoisotopic (exact) mass is 468 g/mol. The van der Waals surface area contributed by atoms with Crippen molar-refractivity contribution in [3.05, 3.63) is 57.4 Å². The van der Waals surface area contributed by atoms with E-state index in [0.29, 0.717) is 9.39 Å². The van der Waals surface area contributed by atoms with Crippen molar-refractivity contribution < 1.29 is 18.0 Å². The van der Waals surface area contributed by atoms with Gasteiger partial charge in [0.1, 0.15) is 5.02 Å². The van der Waals surface area contributed by atoms with Gasteiger partial charge in [-0.1, -0.05) is 17.7 Å². The zero-order chi connectivity index (χ0) is 22.5. The molecule has 4 rings (SSSR count). The first-order valence-corrected chi connectivity index (χ1v) is 10.3. The fourth-order valence-electron chi connectivity index (χ4n) is 3.09. The molecule has 0 spiro atoms. The van der Waals surface area contributed by atoms with E-state index in [4.69, 9.17) is 11.6 Å². The largest absolute Gasteiger partial charge is 0.433 e. The van der Waals surface area contributed by atoms with Crippen LogP contribution in [-0.4, -0.2) is 42.2 Å². The summed E-state index contributed by atoms with van der Waals surface area (Å²) in [6.45, 7) is 2.05. The Morgan fingerprint density at radius 1 is 1.35 bits per heavy atom. The molecule has 0 aliphatic rings. The van der Waals surface area contributed by atoms with E-state index in [2.05, 4.69) is 15.2 Å². The molecule has 1 amide bonds. The second-order valence-electron chi connectivity index (χ2n) is 6.94. The lowest BCUT2D eigenvalue weighted by molar-refractivity contribution is -0.142. The Morgan fingerprint density at radius 3 is 2.68 bits per heavy atom. The van der Waals surface area contributed by atoms with E-state index in [1.54, 1.807) is 35.4 Å². The molecule has 0 fully saturated rings. The molecule has 0 atom stereocenters. The Morgan fingerprint density at radius 2 is 2.10 bits per heavy atom. The van der Waals surface area contributed by atoms with Crippen LogP contribution in [0.5, 0.6) is 0 Å². The van der Waals surface area contributed by atoms with Gasteiger partial charge >= 0.3 is 6.18 Å². The molecule has 4 heterocycles. The SMILES string of the molecule is Cc1c(CN(C)C(=O)c2nn3c(C(F)(F)F)cc(-c4cccs4)nc3c2Cl)cnn1C. The number of aromatic nitrogens is 5. The Kier molecular flexibility index (Phi) is 5.26. The summed E-state index contributed by atoms with van der Waals surface area (Å²) < 4.78 is 43.5. The third-order valence-corrected chi connectivity index (χ3v) is 6.13. The molecule has 0 saturated carbocycles. The highest BCUT2D eigenvalue weighted by molar-refractivity contribution is 7.13. The van der Waals surface area contributed by atoms with E-state index < -0.39 is 17.8 Å². The third-order valence-electron chi connectivity index (χ3n) is 4.89. The van der Waals surface area contributed by atoms with Crippen LogP contribution in [0.15, 0.2) is 29.8 Å². The second-order valence-corrected chi connectivity index (χ2v) is 8.27. The summed E-state index contributed by atoms with van der Waals surface area (Å²) in [7, 11) is 3.29. The average Bonchev–Trinajstić information content (AvgIpc) is 3.43. The van der Waals surface area contributed by atoms with Gasteiger partial charge in [-0.15, -0.1) is 11.3 Å². The maximum atomic E-state index is 13.7. The van der Waals surface area contributed by atoms with E-state index >= 15 is 0 Å². The molecule has 0 aromatic carbocycles. The van der Waals surface area contributed by atoms with Crippen molar-refractivity contribution in [2.45, 2.75) is 19.6 Å². The van der Waals surface area contributed by atoms with Gasteiger partial charge in [0.05, 0.1) is 16.8 Å². The molecule has 0 aliphatic carbocycles. The molecule has 0 saturated heterocycles. The van der Waals surface area contributed by atoms with Crippen molar-refractivity contribution in [1.29, 1.82) is 0 Å². The number of alkyl halides is 3. The molecule has 4 aromatic heterocycles. The molecular weight excluding hydrogens is 453 g/mol. The Labute approximate surface area is 183 Å². The minimum atomic E-state index is -4.72. The molecule has 31 heavy (non-hydrogen) atoms. The van der Waals surface area contributed by atoms with Gasteiger partial charge < -0.3 is 4.90 Å². The van der Waals surface area contributed by atoms with Crippen molar-refractivity contribution >= 4 is 34.5 Å². The summed E-state index contributed by atoms with van der Waals surface area (Å²) in [5.74, 6) is -0.621. The van der Waals surface area contributed by atoms with E-state index in [1.165, 1.54) is 23.3 Å². The quantitative estimate of drug-likeness (QED) is 0.444. The summed E-state index contributed by atoms with van der Waals surface area (Å²) in [4.78, 5) is 19.1. The van der Waals surface area contributed by atoms with Crippen LogP contribution in [-0.2, 0) is 19.8 Å². The van der Waals surface area contributed by atoms with E-state index in [0.717, 1.165) is 17.3 Å². The van der Waals surface area contributed by atoms with Crippen LogP contribution in [0.4, 0.5) is 13.2 Å². The first-order valence-electron chi connectivity index (χ1n) is 9.01. The van der Waals surface area contributed by atoms with Gasteiger partial charge in [0.2, 0.25) is 0 Å². The average molecular weight is 469 g/mol. The van der Waals surface area contributed by atoms with Crippen molar-refractivity contribution in [2.24, 2.45) is 7.05 Å². The molecule has 0 bridgehead atoms. The lowest BCUT2D eigenvalue weighted by Crippen LogP contribution is -2.27. The number of aryl methyl sites for hydroxylation is 1. The Balaban J connectivity index is 1.79. The third kappa shape index (κ3) is 3.79. The van der Waals surface area contributed by atoms with Crippen LogP contribution in [0.2, 0.25) is 5.02 Å². The number of hydrogen-bond donors (Lipinski definition) is 0. The fraction of sp³-hybridized carbons (Fsp3) is 0.263. The smallest absolute Gasteiger partial charge is 0.336 e. The Hall–Kier alpha value is -2.92. The number of fused-ring (bicyclic) bond motifs is 1. The highest BCUT2D eigenvalue weighted by atomic mass is 35.5. The summed E-state index contributed by atoms with van der Waals surface area (Å²) in [6.07, 6.45) is -3.09. The van der Waals surface area contributed by atoms with E-state index in [9.17, 15) is 18.0 Å². The summed E-state index contributed by atoms with van der Waals surface area (Å²) in [6, 6.07) is 4.27. The zero-order valence-electron chi connectivity index (χ0n) is 16.6. The molecule has 4 aromatic rings. The van der Waals surface area contributed by atoms with Crippen molar-refractivity contribution in [3.8, 4) is 10.6 Å². The van der Waals surface area contributed by atoms with Crippen LogP contribution < -0.4 is 0 Å². The number of hydrogen-bond acceptors (Lipinski definition) is 5. The number of nitrogens with zero attached hydrogens (tertiary/aromatic N) is 6. The Bertz CT molecular complexity index is 1280. The number of amides is 1. The predicted octanol–water partition coefficient (Wildman–Crippen LogP) is 4.44. The van der Waals surface area contributed by atoms with Gasteiger partial charge in [0, 0.05) is 31.9 Å². The first kappa shape index (κ1) is 21.3. The van der Waals surface area contributed by atoms with Gasteiger partial charge in [-0.2, -0.15) is 23.4 Å². The normalized spacial score (nSPS) is 12.0. The van der Waals surface area contributed by atoms with Crippen molar-refractivity contribution in [1.82, 2.24) is 29.3 Å². The van der Waals surface area contributed by atoms with Crippen LogP contribution in [0, 0.1) is 6.92 Å². The van der Waals surface area contributed by atoms with Gasteiger partial charge in [0.25, 0.3) is 5.91 Å². The van der Waals surface area contributed by atoms with Crippen molar-refractivity contribution in [3.63, 3.8) is 0 Å². The standard InChI is InChI=1S/C19H16ClF3N6OS/c1-10-11(8-24-28(10)3)9-27(2)18(30)16-15(20)17-25-12(13-5-4-6-31-13)7-14(19(21,22)23)29(17)26-16/h4-8H,9H2,1-3H3. The molecule has 7 nitrogen and oxygen atoms in total. The minimum absolute atomic E-state index is 0.106. The summed E-state index contributed by atoms with van der Waals surface area (Å²) in [5, 5.41) is 9.51. The van der Waals surface area contributed by atoms with Gasteiger partial charge in [0.15, 0.2) is 17.0 Å². The highest BCUT2D eigenvalue weighted by Gasteiger charge is 2.37. The number of carbonyl (C=O) groups is 1. The predicted molar refractivity (Wildman–Crippen MR) is 110 cm³/mol. The lowest BCUT2D eigenvalue weighted by Gasteiger charge is -2.15. The maximum absolute atomic E-state index is 13.7. The molecule has 0 N–H and O–H groups in total. The summed E-state index contributed by atoms with van der Waals surface area (Å²) in [5.41, 5.74) is 0.179. The second kappa shape index (κ2) is 7.65. The topological polar surface area (TPSA) is 68.3 Å². The van der Waals surface area contributed by atoms with E-state index in [-0.39, 0.29) is 28.6 Å². The maximum Gasteiger partial charge on any atom is 0.433 e. The van der Waals surface area contributed by atoms with Gasteiger partial charge in [-0.3, -0.25) is 9.48 Å². The first-order chi connectivity index (χ1) is 14.6. The molecule has 0 aliphatic heterocycles. The fourth-order valence-corrected chi connectivity index (χ4v) is 4.02. The zero-order valence-corrected chi connectivity index (χ0v) is 18.2. The number of carbonyl (C=O) groups excluding carboxylic acids is 1. The summed E-state index contributed by atoms with van der Waals surface area (Å²) >= 11 is 7.56. The van der Waals surface area contributed by atoms with Gasteiger partial charge in [-0.25, -0.2) is 9.50 Å². The molecular formula is C19H16ClF3N6OS. The number of thiophene rings is 1. The minimum Gasteiger partial charge on any atom is -0.336 e.